The summed E-state index contributed by atoms with van der Waals surface area (Å²) >= 11 is 0. The smallest absolute Gasteiger partial charge is 0.257 e. The largest absolute Gasteiger partial charge is 0.345 e. The molecule has 7 nitrogen and oxygen atoms in total. The first kappa shape index (κ1) is 20.6. The summed E-state index contributed by atoms with van der Waals surface area (Å²) < 4.78 is 5.40. The van der Waals surface area contributed by atoms with Crippen LogP contribution in [0, 0.1) is 5.92 Å². The van der Waals surface area contributed by atoms with E-state index in [9.17, 15) is 9.59 Å². The zero-order valence-electron chi connectivity index (χ0n) is 17.7. The summed E-state index contributed by atoms with van der Waals surface area (Å²) in [4.78, 5) is 33.2. The van der Waals surface area contributed by atoms with Crippen molar-refractivity contribution in [3.8, 4) is 11.5 Å². The number of likely N-dealkylation sites (N-methyl/N-ethyl adjacent to an activating group) is 1. The average molecular weight is 411 g/mol. The van der Waals surface area contributed by atoms with Crippen molar-refractivity contribution in [2.75, 3.05) is 26.7 Å². The lowest BCUT2D eigenvalue weighted by Gasteiger charge is -2.26. The first-order valence-electron chi connectivity index (χ1n) is 11.1. The summed E-state index contributed by atoms with van der Waals surface area (Å²) in [5, 5.41) is 4.06. The lowest BCUT2D eigenvalue weighted by atomic mass is 9.88. The molecule has 0 atom stereocenters. The van der Waals surface area contributed by atoms with Crippen LogP contribution in [0.15, 0.2) is 28.8 Å². The Balaban J connectivity index is 1.32. The molecule has 1 aromatic heterocycles. The third-order valence-corrected chi connectivity index (χ3v) is 6.24. The number of aromatic nitrogens is 2. The van der Waals surface area contributed by atoms with Crippen molar-refractivity contribution in [2.45, 2.75) is 51.4 Å². The highest BCUT2D eigenvalue weighted by Gasteiger charge is 2.24. The van der Waals surface area contributed by atoms with E-state index in [-0.39, 0.29) is 17.7 Å². The average Bonchev–Trinajstić information content (AvgIpc) is 3.50. The third-order valence-electron chi connectivity index (χ3n) is 6.24. The van der Waals surface area contributed by atoms with E-state index in [1.165, 1.54) is 6.42 Å². The minimum absolute atomic E-state index is 0.0796. The summed E-state index contributed by atoms with van der Waals surface area (Å²) in [5.74, 6) is 1.51. The maximum atomic E-state index is 12.6. The second-order valence-corrected chi connectivity index (χ2v) is 8.44. The molecule has 0 radical (unpaired) electrons. The van der Waals surface area contributed by atoms with Crippen molar-refractivity contribution >= 4 is 11.8 Å². The zero-order valence-corrected chi connectivity index (χ0v) is 17.7. The van der Waals surface area contributed by atoms with Gasteiger partial charge in [-0.25, -0.2) is 0 Å². The SMILES string of the molecule is CN(CCc1noc(-c2ccc(C(=O)N3CCCC3)cc2)n1)C(=O)C1CCCCC1. The maximum Gasteiger partial charge on any atom is 0.257 e. The van der Waals surface area contributed by atoms with Gasteiger partial charge in [-0.2, -0.15) is 4.98 Å². The van der Waals surface area contributed by atoms with Gasteiger partial charge < -0.3 is 14.3 Å². The first-order chi connectivity index (χ1) is 14.6. The van der Waals surface area contributed by atoms with E-state index in [2.05, 4.69) is 10.1 Å². The second-order valence-electron chi connectivity index (χ2n) is 8.44. The Kier molecular flexibility index (Phi) is 6.45. The Morgan fingerprint density at radius 3 is 2.47 bits per heavy atom. The van der Waals surface area contributed by atoms with Crippen LogP contribution in [-0.4, -0.2) is 58.4 Å². The van der Waals surface area contributed by atoms with E-state index in [4.69, 9.17) is 4.52 Å². The predicted octanol–water partition coefficient (Wildman–Crippen LogP) is 3.55. The van der Waals surface area contributed by atoms with Gasteiger partial charge in [-0.15, -0.1) is 0 Å². The molecule has 1 aromatic carbocycles. The normalized spacial score (nSPS) is 17.3. The van der Waals surface area contributed by atoms with Gasteiger partial charge >= 0.3 is 0 Å². The molecule has 0 unspecified atom stereocenters. The molecule has 160 valence electrons. The van der Waals surface area contributed by atoms with E-state index in [1.807, 2.05) is 36.2 Å². The highest BCUT2D eigenvalue weighted by Crippen LogP contribution is 2.25. The second kappa shape index (κ2) is 9.41. The van der Waals surface area contributed by atoms with Crippen molar-refractivity contribution in [2.24, 2.45) is 5.92 Å². The van der Waals surface area contributed by atoms with E-state index in [0.29, 0.717) is 30.2 Å². The molecule has 1 aliphatic carbocycles. The molecule has 7 heteroatoms. The van der Waals surface area contributed by atoms with E-state index >= 15 is 0 Å². The number of amides is 2. The molecular weight excluding hydrogens is 380 g/mol. The van der Waals surface area contributed by atoms with Crippen molar-refractivity contribution in [3.05, 3.63) is 35.7 Å². The summed E-state index contributed by atoms with van der Waals surface area (Å²) in [6.45, 7) is 2.26. The van der Waals surface area contributed by atoms with E-state index < -0.39 is 0 Å². The lowest BCUT2D eigenvalue weighted by molar-refractivity contribution is -0.135. The van der Waals surface area contributed by atoms with Gasteiger partial charge in [0.2, 0.25) is 5.91 Å². The molecule has 1 aliphatic heterocycles. The molecule has 0 spiro atoms. The van der Waals surface area contributed by atoms with Crippen LogP contribution in [0.1, 0.15) is 61.1 Å². The number of carbonyl (C=O) groups is 2. The van der Waals surface area contributed by atoms with Crippen LogP contribution in [0.25, 0.3) is 11.5 Å². The molecule has 1 saturated heterocycles. The van der Waals surface area contributed by atoms with Gasteiger partial charge in [0, 0.05) is 50.1 Å². The Bertz CT molecular complexity index is 865. The van der Waals surface area contributed by atoms with Gasteiger partial charge in [-0.05, 0) is 49.9 Å². The molecule has 2 aliphatic rings. The Morgan fingerprint density at radius 1 is 1.07 bits per heavy atom. The van der Waals surface area contributed by atoms with E-state index in [0.717, 1.165) is 57.2 Å². The van der Waals surface area contributed by atoms with Crippen molar-refractivity contribution in [3.63, 3.8) is 0 Å². The van der Waals surface area contributed by atoms with Gasteiger partial charge in [0.1, 0.15) is 0 Å². The number of carbonyl (C=O) groups excluding carboxylic acids is 2. The quantitative estimate of drug-likeness (QED) is 0.728. The fourth-order valence-electron chi connectivity index (χ4n) is 4.37. The Hall–Kier alpha value is -2.70. The molecule has 0 bridgehead atoms. The molecule has 1 saturated carbocycles. The highest BCUT2D eigenvalue weighted by molar-refractivity contribution is 5.94. The number of nitrogens with zero attached hydrogens (tertiary/aromatic N) is 4. The summed E-state index contributed by atoms with van der Waals surface area (Å²) in [5.41, 5.74) is 1.47. The number of hydrogen-bond acceptors (Lipinski definition) is 5. The van der Waals surface area contributed by atoms with Crippen LogP contribution in [0.4, 0.5) is 0 Å². The minimum atomic E-state index is 0.0796. The number of likely N-dealkylation sites (tertiary alicyclic amines) is 1. The summed E-state index contributed by atoms with van der Waals surface area (Å²) in [6, 6.07) is 7.33. The fourth-order valence-corrected chi connectivity index (χ4v) is 4.37. The van der Waals surface area contributed by atoms with Gasteiger partial charge in [-0.1, -0.05) is 24.4 Å². The van der Waals surface area contributed by atoms with Crippen LogP contribution < -0.4 is 0 Å². The Labute approximate surface area is 177 Å². The summed E-state index contributed by atoms with van der Waals surface area (Å²) in [6.07, 6.45) is 8.28. The van der Waals surface area contributed by atoms with Crippen LogP contribution in [-0.2, 0) is 11.2 Å². The zero-order chi connectivity index (χ0) is 20.9. The van der Waals surface area contributed by atoms with Gasteiger partial charge in [0.05, 0.1) is 0 Å². The van der Waals surface area contributed by atoms with Crippen molar-refractivity contribution < 1.29 is 14.1 Å². The van der Waals surface area contributed by atoms with Crippen LogP contribution in [0.5, 0.6) is 0 Å². The lowest BCUT2D eigenvalue weighted by Crippen LogP contribution is -2.35. The van der Waals surface area contributed by atoms with Gasteiger partial charge in [0.15, 0.2) is 5.82 Å². The number of benzene rings is 1. The number of rotatable bonds is 6. The third kappa shape index (κ3) is 4.71. The molecule has 2 aromatic rings. The monoisotopic (exact) mass is 410 g/mol. The molecule has 30 heavy (non-hydrogen) atoms. The van der Waals surface area contributed by atoms with Gasteiger partial charge in [0.25, 0.3) is 11.8 Å². The van der Waals surface area contributed by atoms with E-state index in [1.54, 1.807) is 4.90 Å². The standard InChI is InChI=1S/C23H30N4O3/c1-26(22(28)18-7-3-2-4-8-18)16-13-20-24-21(30-25-20)17-9-11-19(12-10-17)23(29)27-14-5-6-15-27/h9-12,18H,2-8,13-16H2,1H3. The van der Waals surface area contributed by atoms with Gasteiger partial charge in [-0.3, -0.25) is 9.59 Å². The molecule has 0 N–H and O–H groups in total. The first-order valence-corrected chi connectivity index (χ1v) is 11.1. The van der Waals surface area contributed by atoms with Crippen LogP contribution in [0.3, 0.4) is 0 Å². The molecular formula is C23H30N4O3. The molecule has 2 heterocycles. The minimum Gasteiger partial charge on any atom is -0.345 e. The maximum absolute atomic E-state index is 12.6. The van der Waals surface area contributed by atoms with Crippen LogP contribution in [0.2, 0.25) is 0 Å². The topological polar surface area (TPSA) is 79.5 Å². The predicted molar refractivity (Wildman–Crippen MR) is 113 cm³/mol. The molecule has 2 amide bonds. The van der Waals surface area contributed by atoms with Crippen LogP contribution >= 0.6 is 0 Å². The fraction of sp³-hybridized carbons (Fsp3) is 0.565. The molecule has 4 rings (SSSR count). The summed E-state index contributed by atoms with van der Waals surface area (Å²) in [7, 11) is 1.86. The Morgan fingerprint density at radius 2 is 1.77 bits per heavy atom. The highest BCUT2D eigenvalue weighted by atomic mass is 16.5. The van der Waals surface area contributed by atoms with Crippen molar-refractivity contribution in [1.82, 2.24) is 19.9 Å². The molecule has 2 fully saturated rings. The van der Waals surface area contributed by atoms with Crippen molar-refractivity contribution in [1.29, 1.82) is 0 Å². The number of hydrogen-bond donors (Lipinski definition) is 0.